The van der Waals surface area contributed by atoms with E-state index in [1.54, 1.807) is 0 Å². The number of likely N-dealkylation sites (N-methyl/N-ethyl adjacent to an activating group) is 1. The fourth-order valence-electron chi connectivity index (χ4n) is 6.64. The molecule has 4 aliphatic rings. The van der Waals surface area contributed by atoms with Gasteiger partial charge in [-0.3, -0.25) is 24.2 Å². The van der Waals surface area contributed by atoms with Crippen molar-refractivity contribution in [2.24, 2.45) is 17.6 Å². The Morgan fingerprint density at radius 2 is 1.79 bits per heavy atom. The lowest BCUT2D eigenvalue weighted by Gasteiger charge is -2.50. The number of hydrogen-bond acceptors (Lipinski definition) is 9. The van der Waals surface area contributed by atoms with E-state index in [0.717, 1.165) is 25.9 Å². The number of nitrogens with two attached hydrogens (primary N) is 1. The van der Waals surface area contributed by atoms with Gasteiger partial charge in [0.2, 0.25) is 5.78 Å². The van der Waals surface area contributed by atoms with Gasteiger partial charge < -0.3 is 26.2 Å². The minimum atomic E-state index is -2.71. The number of Topliss-reactive ketones (excluding diaryl/α,β-unsaturated/α-hetero) is 2. The number of likely N-dealkylation sites (tertiary alicyclic amines) is 1. The van der Waals surface area contributed by atoms with E-state index in [4.69, 9.17) is 5.73 Å². The molecular weight excluding hydrogens is 556 g/mol. The zero-order valence-electron chi connectivity index (χ0n) is 21.4. The number of amides is 1. The third kappa shape index (κ3) is 4.40. The molecule has 1 aromatic carbocycles. The Balaban J connectivity index is 0.00000210. The molecule has 5 rings (SSSR count). The van der Waals surface area contributed by atoms with Crippen LogP contribution in [0.3, 0.4) is 0 Å². The van der Waals surface area contributed by atoms with Crippen LogP contribution in [0.4, 0.5) is 4.39 Å². The molecule has 1 aromatic rings. The lowest BCUT2D eigenvalue weighted by atomic mass is 9.57. The van der Waals surface area contributed by atoms with Crippen LogP contribution in [0, 0.1) is 17.7 Å². The molecule has 2 fully saturated rings. The van der Waals surface area contributed by atoms with Crippen LogP contribution in [-0.2, 0) is 27.3 Å². The topological polar surface area (TPSA) is 165 Å². The third-order valence-corrected chi connectivity index (χ3v) is 8.32. The Labute approximate surface area is 236 Å². The summed E-state index contributed by atoms with van der Waals surface area (Å²) in [6.07, 6.45) is 1.86. The summed E-state index contributed by atoms with van der Waals surface area (Å²) < 4.78 is 15.7. The van der Waals surface area contributed by atoms with Gasteiger partial charge in [0, 0.05) is 29.2 Å². The lowest BCUT2D eigenvalue weighted by Crippen LogP contribution is -2.65. The van der Waals surface area contributed by atoms with Crippen LogP contribution in [0.2, 0.25) is 0 Å². The molecule has 214 valence electrons. The lowest BCUT2D eigenvalue weighted by molar-refractivity contribution is -0.153. The number of phenolic OH excluding ortho intramolecular Hbond substituents is 1. The fourth-order valence-corrected chi connectivity index (χ4v) is 6.64. The molecule has 10 nitrogen and oxygen atoms in total. The van der Waals surface area contributed by atoms with E-state index in [1.165, 1.54) is 25.1 Å². The molecule has 6 N–H and O–H groups in total. The summed E-state index contributed by atoms with van der Waals surface area (Å²) in [5.41, 5.74) is 1.52. The summed E-state index contributed by atoms with van der Waals surface area (Å²) in [6.45, 7) is 1.92. The highest BCUT2D eigenvalue weighted by Gasteiger charge is 2.64. The van der Waals surface area contributed by atoms with Crippen molar-refractivity contribution in [3.05, 3.63) is 45.5 Å². The molecule has 0 unspecified atom stereocenters. The molecule has 4 atom stereocenters. The van der Waals surface area contributed by atoms with Gasteiger partial charge in [-0.1, -0.05) is 0 Å². The minimum Gasteiger partial charge on any atom is -0.508 e. The number of hydrogen-bond donors (Lipinski definition) is 5. The van der Waals surface area contributed by atoms with Gasteiger partial charge in [-0.25, -0.2) is 4.39 Å². The van der Waals surface area contributed by atoms with Gasteiger partial charge in [-0.2, -0.15) is 0 Å². The van der Waals surface area contributed by atoms with E-state index in [0.29, 0.717) is 6.54 Å². The van der Waals surface area contributed by atoms with Crippen LogP contribution >= 0.6 is 24.8 Å². The van der Waals surface area contributed by atoms with Crippen molar-refractivity contribution < 1.29 is 39.2 Å². The quantitative estimate of drug-likeness (QED) is 0.328. The van der Waals surface area contributed by atoms with Crippen LogP contribution in [0.25, 0.3) is 5.76 Å². The standard InChI is InChI=1S/C26H30FN3O7.2ClH/c1-29(2)20-14-8-11-7-13-17(15(31)9-12(19(13)27)10-30-5-3-4-6-30)21(32)16(11)23(34)26(14,37)24(35)18(22(20)33)25(28)36;;/h9,11,14,20,31-32,35,37H,3-8,10H2,1-2H3,(H2,28,36);2*1H/t11-,14-,20-,26-;;/m0../s1. The first-order valence-electron chi connectivity index (χ1n) is 12.3. The van der Waals surface area contributed by atoms with E-state index in [1.807, 2.05) is 0 Å². The highest BCUT2D eigenvalue weighted by molar-refractivity contribution is 6.24. The number of rotatable bonds is 4. The number of aliphatic hydroxyl groups excluding tert-OH is 2. The van der Waals surface area contributed by atoms with E-state index < -0.39 is 69.6 Å². The Hall–Kier alpha value is -2.70. The number of fused-ring (bicyclic) bond motifs is 3. The molecule has 1 heterocycles. The highest BCUT2D eigenvalue weighted by atomic mass is 35.5. The second-order valence-corrected chi connectivity index (χ2v) is 10.7. The number of primary amides is 1. The maximum atomic E-state index is 15.7. The zero-order chi connectivity index (χ0) is 27.0. The van der Waals surface area contributed by atoms with Crippen LogP contribution in [0.5, 0.6) is 5.75 Å². The van der Waals surface area contributed by atoms with Crippen molar-refractivity contribution in [3.8, 4) is 5.75 Å². The average molecular weight is 588 g/mol. The number of aromatic hydroxyl groups is 1. The Kier molecular flexibility index (Phi) is 8.46. The Bertz CT molecular complexity index is 1310. The van der Waals surface area contributed by atoms with E-state index in [-0.39, 0.29) is 59.9 Å². The normalized spacial score (nSPS) is 28.5. The predicted molar refractivity (Wildman–Crippen MR) is 143 cm³/mol. The second-order valence-electron chi connectivity index (χ2n) is 10.7. The van der Waals surface area contributed by atoms with Gasteiger partial charge in [0.25, 0.3) is 5.91 Å². The summed E-state index contributed by atoms with van der Waals surface area (Å²) in [6, 6.07) is 0.0513. The van der Waals surface area contributed by atoms with Crippen LogP contribution in [0.1, 0.15) is 36.0 Å². The molecule has 1 saturated heterocycles. The number of carbonyl (C=O) groups excluding carboxylic acids is 3. The summed E-state index contributed by atoms with van der Waals surface area (Å²) in [5.74, 6) is -8.08. The first kappa shape index (κ1) is 30.8. The van der Waals surface area contributed by atoms with Crippen LogP contribution < -0.4 is 5.73 Å². The summed E-state index contributed by atoms with van der Waals surface area (Å²) in [4.78, 5) is 42.4. The number of ketones is 2. The van der Waals surface area contributed by atoms with Gasteiger partial charge in [0.15, 0.2) is 11.4 Å². The first-order chi connectivity index (χ1) is 17.4. The first-order valence-corrected chi connectivity index (χ1v) is 12.3. The maximum Gasteiger partial charge on any atom is 0.255 e. The Morgan fingerprint density at radius 3 is 2.36 bits per heavy atom. The molecule has 0 aromatic heterocycles. The third-order valence-electron chi connectivity index (χ3n) is 8.32. The van der Waals surface area contributed by atoms with Gasteiger partial charge in [-0.15, -0.1) is 24.8 Å². The van der Waals surface area contributed by atoms with E-state index in [9.17, 15) is 34.8 Å². The number of halogens is 3. The molecule has 1 aliphatic heterocycles. The largest absolute Gasteiger partial charge is 0.508 e. The maximum absolute atomic E-state index is 15.7. The summed E-state index contributed by atoms with van der Waals surface area (Å²) >= 11 is 0. The zero-order valence-corrected chi connectivity index (χ0v) is 23.1. The monoisotopic (exact) mass is 587 g/mol. The molecule has 1 amide bonds. The van der Waals surface area contributed by atoms with Crippen LogP contribution in [0.15, 0.2) is 23.0 Å². The van der Waals surface area contributed by atoms with Crippen molar-refractivity contribution in [2.45, 2.75) is 43.9 Å². The van der Waals surface area contributed by atoms with Crippen molar-refractivity contribution >= 4 is 48.0 Å². The van der Waals surface area contributed by atoms with Crippen molar-refractivity contribution in [2.75, 3.05) is 27.2 Å². The number of benzene rings is 1. The fraction of sp³-hybridized carbons (Fsp3) is 0.500. The minimum absolute atomic E-state index is 0. The smallest absolute Gasteiger partial charge is 0.255 e. The van der Waals surface area contributed by atoms with Gasteiger partial charge in [0.1, 0.15) is 28.7 Å². The number of aliphatic hydroxyl groups is 3. The second kappa shape index (κ2) is 10.7. The highest BCUT2D eigenvalue weighted by Crippen LogP contribution is 2.53. The molecular formula is C26H32Cl2FN3O7. The number of carbonyl (C=O) groups is 3. The van der Waals surface area contributed by atoms with Crippen molar-refractivity contribution in [1.29, 1.82) is 0 Å². The predicted octanol–water partition coefficient (Wildman–Crippen LogP) is 1.54. The molecule has 39 heavy (non-hydrogen) atoms. The van der Waals surface area contributed by atoms with Gasteiger partial charge in [-0.05, 0) is 64.9 Å². The molecule has 3 aliphatic carbocycles. The average Bonchev–Trinajstić information content (AvgIpc) is 3.32. The number of nitrogens with zero attached hydrogens (tertiary/aromatic N) is 2. The van der Waals surface area contributed by atoms with Gasteiger partial charge in [0.05, 0.1) is 11.6 Å². The van der Waals surface area contributed by atoms with Crippen molar-refractivity contribution in [3.63, 3.8) is 0 Å². The molecule has 13 heteroatoms. The molecule has 0 radical (unpaired) electrons. The molecule has 1 saturated carbocycles. The van der Waals surface area contributed by atoms with Gasteiger partial charge >= 0.3 is 0 Å². The summed E-state index contributed by atoms with van der Waals surface area (Å²) in [5, 5.41) is 44.3. The molecule has 0 spiro atoms. The molecule has 0 bridgehead atoms. The summed E-state index contributed by atoms with van der Waals surface area (Å²) in [7, 11) is 3.05. The number of phenols is 1. The SMILES string of the molecule is CN(C)[C@@H]1C(=O)C(C(N)=O)=C(O)[C@@]2(O)C(=O)C3=C(O)c4c(O)cc(CN5CCCC5)c(F)c4C[C@H]3C[C@@H]12.Cl.Cl. The van der Waals surface area contributed by atoms with Crippen LogP contribution in [-0.4, -0.2) is 86.5 Å². The van der Waals surface area contributed by atoms with E-state index in [2.05, 4.69) is 4.90 Å². The van der Waals surface area contributed by atoms with Crippen molar-refractivity contribution in [1.82, 2.24) is 9.80 Å². The van der Waals surface area contributed by atoms with E-state index >= 15 is 4.39 Å². The Morgan fingerprint density at radius 1 is 1.18 bits per heavy atom.